The third-order valence-electron chi connectivity index (χ3n) is 2.89. The molecule has 0 aliphatic heterocycles. The lowest BCUT2D eigenvalue weighted by Gasteiger charge is -2.15. The number of nitrogens with zero attached hydrogens (tertiary/aromatic N) is 3. The second-order valence-corrected chi connectivity index (χ2v) is 6.19. The molecule has 0 fully saturated rings. The van der Waals surface area contributed by atoms with Crippen LogP contribution in [0.5, 0.6) is 0 Å². The predicted molar refractivity (Wildman–Crippen MR) is 84.3 cm³/mol. The monoisotopic (exact) mass is 324 g/mol. The fourth-order valence-electron chi connectivity index (χ4n) is 1.75. The summed E-state index contributed by atoms with van der Waals surface area (Å²) in [5, 5.41) is 7.25. The van der Waals surface area contributed by atoms with Crippen LogP contribution in [0.2, 0.25) is 5.02 Å². The molecule has 21 heavy (non-hydrogen) atoms. The number of amides is 1. The molecular formula is C14H17ClN4OS. The number of hydrogen-bond acceptors (Lipinski definition) is 4. The number of halogens is 1. The highest BCUT2D eigenvalue weighted by atomic mass is 35.5. The quantitative estimate of drug-likeness (QED) is 0.628. The summed E-state index contributed by atoms with van der Waals surface area (Å²) in [6, 6.07) is 7.73. The van der Waals surface area contributed by atoms with Crippen LogP contribution in [-0.2, 0) is 11.3 Å². The topological polar surface area (TPSA) is 61.9 Å². The maximum absolute atomic E-state index is 12.0. The molecule has 1 N–H and O–H groups in total. The molecule has 1 aromatic heterocycles. The number of carbonyl (C=O) groups excluding carboxylic acids is 1. The Hall–Kier alpha value is -1.53. The molecule has 0 aliphatic carbocycles. The second-order valence-electron chi connectivity index (χ2n) is 4.59. The fraction of sp³-hybridized carbons (Fsp3) is 0.357. The first-order chi connectivity index (χ1) is 10.1. The molecule has 0 spiro atoms. The number of thioether (sulfide) groups is 1. The van der Waals surface area contributed by atoms with Crippen LogP contribution in [0.25, 0.3) is 0 Å². The zero-order chi connectivity index (χ0) is 15.1. The van der Waals surface area contributed by atoms with Gasteiger partial charge in [-0.3, -0.25) is 9.89 Å². The van der Waals surface area contributed by atoms with Crippen molar-refractivity contribution in [3.63, 3.8) is 0 Å². The van der Waals surface area contributed by atoms with Crippen molar-refractivity contribution in [1.82, 2.24) is 20.1 Å². The van der Waals surface area contributed by atoms with E-state index in [-0.39, 0.29) is 5.91 Å². The summed E-state index contributed by atoms with van der Waals surface area (Å²) in [6.45, 7) is 0.461. The Labute approximate surface area is 133 Å². The van der Waals surface area contributed by atoms with E-state index in [4.69, 9.17) is 11.6 Å². The van der Waals surface area contributed by atoms with Crippen LogP contribution < -0.4 is 0 Å². The van der Waals surface area contributed by atoms with E-state index >= 15 is 0 Å². The molecule has 0 unspecified atom stereocenters. The van der Waals surface area contributed by atoms with Crippen LogP contribution in [0.15, 0.2) is 35.5 Å². The molecule has 0 bridgehead atoms. The van der Waals surface area contributed by atoms with Gasteiger partial charge in [-0.15, -0.1) is 11.8 Å². The highest BCUT2D eigenvalue weighted by Gasteiger charge is 2.10. The first-order valence-electron chi connectivity index (χ1n) is 6.62. The van der Waals surface area contributed by atoms with E-state index in [1.807, 2.05) is 24.3 Å². The molecule has 2 aromatic rings. The number of nitrogens with one attached hydrogen (secondary N) is 1. The van der Waals surface area contributed by atoms with Crippen LogP contribution in [0.4, 0.5) is 0 Å². The van der Waals surface area contributed by atoms with E-state index in [0.29, 0.717) is 18.8 Å². The summed E-state index contributed by atoms with van der Waals surface area (Å²) >= 11 is 7.57. The highest BCUT2D eigenvalue weighted by Crippen LogP contribution is 2.21. The molecule has 2 rings (SSSR count). The average molecular weight is 325 g/mol. The van der Waals surface area contributed by atoms with Gasteiger partial charge in [0.1, 0.15) is 12.2 Å². The van der Waals surface area contributed by atoms with Gasteiger partial charge in [-0.2, -0.15) is 5.10 Å². The molecule has 1 heterocycles. The summed E-state index contributed by atoms with van der Waals surface area (Å²) in [6.07, 6.45) is 2.81. The lowest BCUT2D eigenvalue weighted by molar-refractivity contribution is -0.130. The number of aromatic nitrogens is 3. The van der Waals surface area contributed by atoms with Crippen molar-refractivity contribution in [1.29, 1.82) is 0 Å². The van der Waals surface area contributed by atoms with Crippen molar-refractivity contribution in [2.45, 2.75) is 24.3 Å². The second kappa shape index (κ2) is 8.05. The van der Waals surface area contributed by atoms with Gasteiger partial charge in [0, 0.05) is 23.4 Å². The van der Waals surface area contributed by atoms with Crippen molar-refractivity contribution in [2.75, 3.05) is 12.8 Å². The van der Waals surface area contributed by atoms with Gasteiger partial charge < -0.3 is 4.90 Å². The summed E-state index contributed by atoms with van der Waals surface area (Å²) in [5.41, 5.74) is 0. The van der Waals surface area contributed by atoms with Gasteiger partial charge in [-0.05, 0) is 36.4 Å². The molecule has 5 nitrogen and oxygen atoms in total. The first kappa shape index (κ1) is 15.9. The Morgan fingerprint density at radius 2 is 2.14 bits per heavy atom. The Kier molecular flexibility index (Phi) is 6.07. The zero-order valence-electron chi connectivity index (χ0n) is 11.8. The maximum atomic E-state index is 12.0. The summed E-state index contributed by atoms with van der Waals surface area (Å²) in [4.78, 5) is 18.8. The highest BCUT2D eigenvalue weighted by molar-refractivity contribution is 7.99. The van der Waals surface area contributed by atoms with Gasteiger partial charge in [0.2, 0.25) is 5.91 Å². The largest absolute Gasteiger partial charge is 0.338 e. The molecule has 0 saturated carbocycles. The molecule has 7 heteroatoms. The standard InChI is InChI=1S/C14H17ClN4OS/c1-19(9-13-16-10-17-18-13)14(20)3-2-8-21-12-6-4-11(15)5-7-12/h4-7,10H,2-3,8-9H2,1H3,(H,16,17,18). The number of aromatic amines is 1. The Morgan fingerprint density at radius 3 is 2.81 bits per heavy atom. The molecular weight excluding hydrogens is 308 g/mol. The number of carbonyl (C=O) groups is 1. The number of hydrogen-bond donors (Lipinski definition) is 1. The molecule has 0 atom stereocenters. The van der Waals surface area contributed by atoms with E-state index in [1.165, 1.54) is 11.2 Å². The Bertz CT molecular complexity index is 559. The average Bonchev–Trinajstić information content (AvgIpc) is 2.98. The lowest BCUT2D eigenvalue weighted by Crippen LogP contribution is -2.26. The maximum Gasteiger partial charge on any atom is 0.222 e. The van der Waals surface area contributed by atoms with Gasteiger partial charge >= 0.3 is 0 Å². The van der Waals surface area contributed by atoms with E-state index < -0.39 is 0 Å². The molecule has 1 amide bonds. The minimum atomic E-state index is 0.114. The minimum Gasteiger partial charge on any atom is -0.338 e. The SMILES string of the molecule is CN(Cc1ncn[nH]1)C(=O)CCCSc1ccc(Cl)cc1. The van der Waals surface area contributed by atoms with Crippen LogP contribution in [-0.4, -0.2) is 38.8 Å². The molecule has 0 saturated heterocycles. The molecule has 0 aliphatic rings. The summed E-state index contributed by atoms with van der Waals surface area (Å²) in [5.74, 6) is 1.72. The fourth-order valence-corrected chi connectivity index (χ4v) is 2.73. The minimum absolute atomic E-state index is 0.114. The van der Waals surface area contributed by atoms with Gasteiger partial charge in [-0.25, -0.2) is 4.98 Å². The Morgan fingerprint density at radius 1 is 1.38 bits per heavy atom. The van der Waals surface area contributed by atoms with Crippen molar-refractivity contribution in [2.24, 2.45) is 0 Å². The third-order valence-corrected chi connectivity index (χ3v) is 4.25. The van der Waals surface area contributed by atoms with Crippen LogP contribution in [0.1, 0.15) is 18.7 Å². The van der Waals surface area contributed by atoms with Crippen molar-refractivity contribution in [3.8, 4) is 0 Å². The van der Waals surface area contributed by atoms with Crippen LogP contribution in [0, 0.1) is 0 Å². The van der Waals surface area contributed by atoms with Crippen LogP contribution >= 0.6 is 23.4 Å². The molecule has 1 aromatic carbocycles. The van der Waals surface area contributed by atoms with E-state index in [0.717, 1.165) is 17.2 Å². The van der Waals surface area contributed by atoms with Gasteiger partial charge in [0.25, 0.3) is 0 Å². The van der Waals surface area contributed by atoms with Gasteiger partial charge in [-0.1, -0.05) is 11.6 Å². The van der Waals surface area contributed by atoms with Crippen molar-refractivity contribution in [3.05, 3.63) is 41.4 Å². The van der Waals surface area contributed by atoms with Gasteiger partial charge in [0.15, 0.2) is 0 Å². The van der Waals surface area contributed by atoms with Gasteiger partial charge in [0.05, 0.1) is 6.54 Å². The number of benzene rings is 1. The molecule has 0 radical (unpaired) electrons. The van der Waals surface area contributed by atoms with Crippen LogP contribution in [0.3, 0.4) is 0 Å². The lowest BCUT2D eigenvalue weighted by atomic mass is 10.3. The zero-order valence-corrected chi connectivity index (χ0v) is 13.3. The predicted octanol–water partition coefficient (Wildman–Crippen LogP) is 2.99. The molecule has 112 valence electrons. The van der Waals surface area contributed by atoms with Crippen molar-refractivity contribution < 1.29 is 4.79 Å². The first-order valence-corrected chi connectivity index (χ1v) is 7.98. The smallest absolute Gasteiger partial charge is 0.222 e. The Balaban J connectivity index is 1.65. The summed E-state index contributed by atoms with van der Waals surface area (Å²) in [7, 11) is 1.77. The van der Waals surface area contributed by atoms with E-state index in [2.05, 4.69) is 15.2 Å². The number of H-pyrrole nitrogens is 1. The summed E-state index contributed by atoms with van der Waals surface area (Å²) < 4.78 is 0. The van der Waals surface area contributed by atoms with E-state index in [9.17, 15) is 4.79 Å². The number of rotatable bonds is 7. The van der Waals surface area contributed by atoms with Crippen molar-refractivity contribution >= 4 is 29.3 Å². The van der Waals surface area contributed by atoms with E-state index in [1.54, 1.807) is 23.7 Å². The normalized spacial score (nSPS) is 10.6. The third kappa shape index (κ3) is 5.40.